The van der Waals surface area contributed by atoms with Crippen molar-refractivity contribution in [3.8, 4) is 0 Å². The van der Waals surface area contributed by atoms with Gasteiger partial charge in [-0.25, -0.2) is 0 Å². The van der Waals surface area contributed by atoms with Gasteiger partial charge in [-0.05, 0) is 44.9 Å². The first-order valence-corrected chi connectivity index (χ1v) is 8.38. The van der Waals surface area contributed by atoms with E-state index in [4.69, 9.17) is 4.74 Å². The summed E-state index contributed by atoms with van der Waals surface area (Å²) in [5.74, 6) is -0.329. The minimum atomic E-state index is -0.630. The highest BCUT2D eigenvalue weighted by Crippen LogP contribution is 2.15. The number of esters is 1. The van der Waals surface area contributed by atoms with Gasteiger partial charge in [0, 0.05) is 6.92 Å². The van der Waals surface area contributed by atoms with Crippen LogP contribution in [0.3, 0.4) is 0 Å². The maximum atomic E-state index is 11.2. The van der Waals surface area contributed by atoms with E-state index in [9.17, 15) is 9.90 Å². The molecule has 0 spiro atoms. The fourth-order valence-electron chi connectivity index (χ4n) is 2.18. The SMILES string of the molecule is C=CCCCCC[C@H](OC(C)=O)[C@@H](O)C/C=C\C/C=C\CC. The Balaban J connectivity index is 4.14. The molecule has 0 radical (unpaired) electrons. The molecule has 0 saturated carbocycles. The van der Waals surface area contributed by atoms with Gasteiger partial charge in [0.2, 0.25) is 0 Å². The Bertz CT molecular complexity index is 345. The van der Waals surface area contributed by atoms with Crippen molar-refractivity contribution in [3.05, 3.63) is 37.0 Å². The second kappa shape index (κ2) is 14.6. The highest BCUT2D eigenvalue weighted by molar-refractivity contribution is 5.66. The predicted octanol–water partition coefficient (Wildman–Crippen LogP) is 4.72. The van der Waals surface area contributed by atoms with Gasteiger partial charge in [0.1, 0.15) is 6.10 Å². The van der Waals surface area contributed by atoms with E-state index in [1.54, 1.807) is 0 Å². The quantitative estimate of drug-likeness (QED) is 0.304. The van der Waals surface area contributed by atoms with Crippen molar-refractivity contribution in [3.63, 3.8) is 0 Å². The zero-order chi connectivity index (χ0) is 16.6. The lowest BCUT2D eigenvalue weighted by molar-refractivity contribution is -0.152. The minimum absolute atomic E-state index is 0.329. The summed E-state index contributed by atoms with van der Waals surface area (Å²) in [5.41, 5.74) is 0. The van der Waals surface area contributed by atoms with Crippen LogP contribution in [0.2, 0.25) is 0 Å². The molecule has 0 aromatic rings. The van der Waals surface area contributed by atoms with Crippen molar-refractivity contribution in [1.82, 2.24) is 0 Å². The van der Waals surface area contributed by atoms with Crippen LogP contribution in [0.5, 0.6) is 0 Å². The molecule has 0 aliphatic heterocycles. The zero-order valence-corrected chi connectivity index (χ0v) is 14.2. The summed E-state index contributed by atoms with van der Waals surface area (Å²) < 4.78 is 5.26. The van der Waals surface area contributed by atoms with Gasteiger partial charge in [-0.1, -0.05) is 43.7 Å². The molecule has 0 saturated heterocycles. The second-order valence-electron chi connectivity index (χ2n) is 5.46. The zero-order valence-electron chi connectivity index (χ0n) is 14.2. The summed E-state index contributed by atoms with van der Waals surface area (Å²) in [5, 5.41) is 10.2. The summed E-state index contributed by atoms with van der Waals surface area (Å²) in [4.78, 5) is 11.2. The van der Waals surface area contributed by atoms with Gasteiger partial charge >= 0.3 is 5.97 Å². The van der Waals surface area contributed by atoms with E-state index in [1.807, 2.05) is 18.2 Å². The minimum Gasteiger partial charge on any atom is -0.460 e. The number of ether oxygens (including phenoxy) is 1. The fourth-order valence-corrected chi connectivity index (χ4v) is 2.18. The van der Waals surface area contributed by atoms with Gasteiger partial charge in [0.25, 0.3) is 0 Å². The molecule has 0 rings (SSSR count). The first-order chi connectivity index (χ1) is 10.6. The van der Waals surface area contributed by atoms with Crippen LogP contribution in [0.25, 0.3) is 0 Å². The van der Waals surface area contributed by atoms with Crippen molar-refractivity contribution in [2.45, 2.75) is 77.4 Å². The molecule has 126 valence electrons. The Labute approximate surface area is 135 Å². The molecular weight excluding hydrogens is 276 g/mol. The summed E-state index contributed by atoms with van der Waals surface area (Å²) in [6, 6.07) is 0. The van der Waals surface area contributed by atoms with Crippen LogP contribution >= 0.6 is 0 Å². The number of unbranched alkanes of at least 4 members (excludes halogenated alkanes) is 3. The van der Waals surface area contributed by atoms with E-state index in [-0.39, 0.29) is 5.97 Å². The molecule has 2 atom stereocenters. The van der Waals surface area contributed by atoms with Gasteiger partial charge in [-0.2, -0.15) is 0 Å². The average Bonchev–Trinajstić information content (AvgIpc) is 2.48. The molecule has 0 fully saturated rings. The van der Waals surface area contributed by atoms with Gasteiger partial charge in [-0.15, -0.1) is 6.58 Å². The van der Waals surface area contributed by atoms with Gasteiger partial charge in [-0.3, -0.25) is 4.79 Å². The number of carbonyl (C=O) groups is 1. The standard InChI is InChI=1S/C19H32O3/c1-4-6-8-10-12-13-15-18(21)19(22-17(3)20)16-14-11-9-7-5-2/h5-6,8,12-13,18-19,21H,2,4,7,9-11,14-16H2,1,3H3/b8-6-,13-12-/t18-,19-/m0/s1. The van der Waals surface area contributed by atoms with Crippen molar-refractivity contribution in [2.75, 3.05) is 0 Å². The molecule has 0 unspecified atom stereocenters. The fraction of sp³-hybridized carbons (Fsp3) is 0.632. The lowest BCUT2D eigenvalue weighted by Gasteiger charge is -2.21. The molecule has 0 amide bonds. The number of allylic oxidation sites excluding steroid dienone is 4. The highest BCUT2D eigenvalue weighted by atomic mass is 16.6. The number of aliphatic hydroxyl groups is 1. The Morgan fingerprint density at radius 2 is 1.91 bits per heavy atom. The number of hydrogen-bond acceptors (Lipinski definition) is 3. The van der Waals surface area contributed by atoms with E-state index in [1.165, 1.54) is 6.92 Å². The monoisotopic (exact) mass is 308 g/mol. The van der Waals surface area contributed by atoms with E-state index >= 15 is 0 Å². The lowest BCUT2D eigenvalue weighted by Crippen LogP contribution is -2.30. The van der Waals surface area contributed by atoms with E-state index in [0.29, 0.717) is 12.8 Å². The molecular formula is C19H32O3. The van der Waals surface area contributed by atoms with Crippen molar-refractivity contribution in [1.29, 1.82) is 0 Å². The molecule has 0 aliphatic rings. The molecule has 1 N–H and O–H groups in total. The van der Waals surface area contributed by atoms with Crippen LogP contribution < -0.4 is 0 Å². The largest absolute Gasteiger partial charge is 0.460 e. The summed E-state index contributed by atoms with van der Waals surface area (Å²) >= 11 is 0. The molecule has 3 heteroatoms. The Hall–Kier alpha value is -1.35. The molecule has 3 nitrogen and oxygen atoms in total. The lowest BCUT2D eigenvalue weighted by atomic mass is 10.0. The number of hydrogen-bond donors (Lipinski definition) is 1. The second-order valence-corrected chi connectivity index (χ2v) is 5.46. The Kier molecular flexibility index (Phi) is 13.7. The van der Waals surface area contributed by atoms with Crippen LogP contribution in [-0.4, -0.2) is 23.3 Å². The maximum absolute atomic E-state index is 11.2. The molecule has 22 heavy (non-hydrogen) atoms. The topological polar surface area (TPSA) is 46.5 Å². The first kappa shape index (κ1) is 20.6. The number of rotatable bonds is 13. The summed E-state index contributed by atoms with van der Waals surface area (Å²) in [6.45, 7) is 7.19. The van der Waals surface area contributed by atoms with Crippen LogP contribution in [-0.2, 0) is 9.53 Å². The highest BCUT2D eigenvalue weighted by Gasteiger charge is 2.20. The van der Waals surface area contributed by atoms with Crippen molar-refractivity contribution >= 4 is 5.97 Å². The Morgan fingerprint density at radius 3 is 2.55 bits per heavy atom. The van der Waals surface area contributed by atoms with Gasteiger partial charge in [0.05, 0.1) is 6.10 Å². The average molecular weight is 308 g/mol. The number of aliphatic hydroxyl groups excluding tert-OH is 1. The van der Waals surface area contributed by atoms with E-state index < -0.39 is 12.2 Å². The van der Waals surface area contributed by atoms with Crippen LogP contribution in [0, 0.1) is 0 Å². The van der Waals surface area contributed by atoms with Crippen LogP contribution in [0.15, 0.2) is 37.0 Å². The molecule has 0 heterocycles. The summed E-state index contributed by atoms with van der Waals surface area (Å²) in [7, 11) is 0. The number of carbonyl (C=O) groups excluding carboxylic acids is 1. The van der Waals surface area contributed by atoms with E-state index in [2.05, 4.69) is 25.7 Å². The normalized spacial score (nSPS) is 14.3. The summed E-state index contributed by atoms with van der Waals surface area (Å²) in [6.07, 6.45) is 16.3. The molecule has 0 aromatic heterocycles. The van der Waals surface area contributed by atoms with Crippen molar-refractivity contribution in [2.24, 2.45) is 0 Å². The first-order valence-electron chi connectivity index (χ1n) is 8.38. The Morgan fingerprint density at radius 1 is 1.18 bits per heavy atom. The van der Waals surface area contributed by atoms with Gasteiger partial charge in [0.15, 0.2) is 0 Å². The van der Waals surface area contributed by atoms with Crippen molar-refractivity contribution < 1.29 is 14.6 Å². The smallest absolute Gasteiger partial charge is 0.302 e. The molecule has 0 aromatic carbocycles. The predicted molar refractivity (Wildman–Crippen MR) is 92.6 cm³/mol. The third kappa shape index (κ3) is 12.4. The van der Waals surface area contributed by atoms with Crippen LogP contribution in [0.4, 0.5) is 0 Å². The third-order valence-electron chi connectivity index (χ3n) is 3.36. The van der Waals surface area contributed by atoms with Gasteiger partial charge < -0.3 is 9.84 Å². The third-order valence-corrected chi connectivity index (χ3v) is 3.36. The molecule has 0 bridgehead atoms. The maximum Gasteiger partial charge on any atom is 0.302 e. The van der Waals surface area contributed by atoms with Crippen LogP contribution in [0.1, 0.15) is 65.2 Å². The van der Waals surface area contributed by atoms with E-state index in [0.717, 1.165) is 38.5 Å². The molecule has 0 aliphatic carbocycles.